The van der Waals surface area contributed by atoms with Crippen molar-refractivity contribution in [3.05, 3.63) is 41.7 Å². The van der Waals surface area contributed by atoms with E-state index in [1.807, 2.05) is 24.4 Å². The normalized spacial score (nSPS) is 19.1. The minimum atomic E-state index is 0.254. The molecule has 0 saturated carbocycles. The van der Waals surface area contributed by atoms with Crippen LogP contribution in [0.2, 0.25) is 0 Å². The van der Waals surface area contributed by atoms with Crippen molar-refractivity contribution < 1.29 is 18.9 Å². The zero-order valence-corrected chi connectivity index (χ0v) is 18.5. The predicted molar refractivity (Wildman–Crippen MR) is 118 cm³/mol. The molecule has 8 nitrogen and oxygen atoms in total. The van der Waals surface area contributed by atoms with E-state index in [0.717, 1.165) is 94.1 Å². The second-order valence-electron chi connectivity index (χ2n) is 7.93. The van der Waals surface area contributed by atoms with Crippen LogP contribution in [0.4, 0.5) is 5.95 Å². The topological polar surface area (TPSA) is 69.2 Å². The Morgan fingerprint density at radius 3 is 2.71 bits per heavy atom. The fraction of sp³-hybridized carbons (Fsp3) is 0.565. The van der Waals surface area contributed by atoms with Crippen molar-refractivity contribution in [3.8, 4) is 11.5 Å². The van der Waals surface area contributed by atoms with Crippen molar-refractivity contribution in [3.63, 3.8) is 0 Å². The molecule has 2 aromatic rings. The van der Waals surface area contributed by atoms with Crippen molar-refractivity contribution in [2.24, 2.45) is 0 Å². The van der Waals surface area contributed by atoms with Gasteiger partial charge in [0.05, 0.1) is 39.2 Å². The van der Waals surface area contributed by atoms with Gasteiger partial charge in [0, 0.05) is 57.2 Å². The molecule has 2 aliphatic heterocycles. The third-order valence-electron chi connectivity index (χ3n) is 5.75. The van der Waals surface area contributed by atoms with Gasteiger partial charge in [-0.2, -0.15) is 0 Å². The molecular weight excluding hydrogens is 396 g/mol. The molecule has 0 bridgehead atoms. The maximum Gasteiger partial charge on any atom is 0.225 e. The second kappa shape index (κ2) is 10.7. The Hall–Kier alpha value is -2.42. The van der Waals surface area contributed by atoms with Crippen molar-refractivity contribution in [2.45, 2.75) is 32.0 Å². The van der Waals surface area contributed by atoms with E-state index in [0.29, 0.717) is 0 Å². The zero-order chi connectivity index (χ0) is 21.5. The van der Waals surface area contributed by atoms with Crippen molar-refractivity contribution in [2.75, 3.05) is 58.6 Å². The van der Waals surface area contributed by atoms with Crippen molar-refractivity contribution in [1.82, 2.24) is 14.9 Å². The Balaban J connectivity index is 1.51. The van der Waals surface area contributed by atoms with Crippen LogP contribution in [0.1, 0.15) is 24.1 Å². The summed E-state index contributed by atoms with van der Waals surface area (Å²) in [5.74, 6) is 2.39. The molecule has 2 aliphatic rings. The number of aromatic nitrogens is 2. The van der Waals surface area contributed by atoms with Gasteiger partial charge in [0.15, 0.2) is 0 Å². The van der Waals surface area contributed by atoms with Gasteiger partial charge < -0.3 is 23.8 Å². The molecule has 1 atom stereocenters. The summed E-state index contributed by atoms with van der Waals surface area (Å²) in [4.78, 5) is 13.9. The number of anilines is 1. The number of methoxy groups -OCH3 is 2. The monoisotopic (exact) mass is 428 g/mol. The number of morpholine rings is 1. The van der Waals surface area contributed by atoms with E-state index >= 15 is 0 Å². The highest BCUT2D eigenvalue weighted by Crippen LogP contribution is 2.27. The fourth-order valence-electron chi connectivity index (χ4n) is 4.10. The SMILES string of the molecule is COc1ccc(CN(Cc2ccnc(N3CCOCC3)n2)C[C@H]2CCCO2)c(OC)c1. The van der Waals surface area contributed by atoms with Crippen LogP contribution in [0.25, 0.3) is 0 Å². The number of ether oxygens (including phenoxy) is 4. The predicted octanol–water partition coefficient (Wildman–Crippen LogP) is 2.51. The Morgan fingerprint density at radius 2 is 1.97 bits per heavy atom. The summed E-state index contributed by atoms with van der Waals surface area (Å²) >= 11 is 0. The van der Waals surface area contributed by atoms with Gasteiger partial charge >= 0.3 is 0 Å². The summed E-state index contributed by atoms with van der Waals surface area (Å²) in [7, 11) is 3.36. The van der Waals surface area contributed by atoms with Crippen LogP contribution in [-0.4, -0.2) is 74.6 Å². The van der Waals surface area contributed by atoms with E-state index in [4.69, 9.17) is 23.9 Å². The van der Waals surface area contributed by atoms with Gasteiger partial charge in [-0.25, -0.2) is 9.97 Å². The number of nitrogens with zero attached hydrogens (tertiary/aromatic N) is 4. The van der Waals surface area contributed by atoms with Crippen LogP contribution in [-0.2, 0) is 22.6 Å². The van der Waals surface area contributed by atoms with E-state index in [2.05, 4.69) is 20.9 Å². The van der Waals surface area contributed by atoms with Gasteiger partial charge in [0.2, 0.25) is 5.95 Å². The minimum Gasteiger partial charge on any atom is -0.497 e. The maximum absolute atomic E-state index is 5.92. The third-order valence-corrected chi connectivity index (χ3v) is 5.75. The summed E-state index contributed by atoms with van der Waals surface area (Å²) in [6.45, 7) is 6.24. The van der Waals surface area contributed by atoms with Crippen LogP contribution < -0.4 is 14.4 Å². The van der Waals surface area contributed by atoms with Crippen LogP contribution in [0.5, 0.6) is 11.5 Å². The number of rotatable bonds is 9. The molecule has 0 amide bonds. The average Bonchev–Trinajstić information content (AvgIpc) is 3.33. The first-order valence-electron chi connectivity index (χ1n) is 10.9. The van der Waals surface area contributed by atoms with Gasteiger partial charge in [0.1, 0.15) is 11.5 Å². The molecule has 2 saturated heterocycles. The molecule has 1 aromatic heterocycles. The summed E-state index contributed by atoms with van der Waals surface area (Å²) in [5, 5.41) is 0. The maximum atomic E-state index is 5.92. The van der Waals surface area contributed by atoms with Gasteiger partial charge in [-0.15, -0.1) is 0 Å². The average molecular weight is 429 g/mol. The number of hydrogen-bond acceptors (Lipinski definition) is 8. The van der Waals surface area contributed by atoms with Gasteiger partial charge in [-0.05, 0) is 25.0 Å². The summed E-state index contributed by atoms with van der Waals surface area (Å²) in [5.41, 5.74) is 2.12. The molecule has 0 spiro atoms. The Morgan fingerprint density at radius 1 is 1.10 bits per heavy atom. The van der Waals surface area contributed by atoms with E-state index < -0.39 is 0 Å². The summed E-state index contributed by atoms with van der Waals surface area (Å²) in [6, 6.07) is 7.97. The Bertz CT molecular complexity index is 838. The highest BCUT2D eigenvalue weighted by molar-refractivity contribution is 5.40. The molecule has 0 N–H and O–H groups in total. The van der Waals surface area contributed by atoms with Crippen LogP contribution >= 0.6 is 0 Å². The molecule has 0 aliphatic carbocycles. The Labute approximate surface area is 184 Å². The molecular formula is C23H32N4O4. The summed E-state index contributed by atoms with van der Waals surface area (Å²) < 4.78 is 22.3. The third kappa shape index (κ3) is 5.84. The van der Waals surface area contributed by atoms with E-state index in [1.165, 1.54) is 0 Å². The smallest absolute Gasteiger partial charge is 0.225 e. The fourth-order valence-corrected chi connectivity index (χ4v) is 4.10. The van der Waals surface area contributed by atoms with E-state index in [1.54, 1.807) is 14.2 Å². The molecule has 2 fully saturated rings. The quantitative estimate of drug-likeness (QED) is 0.604. The lowest BCUT2D eigenvalue weighted by molar-refractivity contribution is 0.0671. The van der Waals surface area contributed by atoms with E-state index in [-0.39, 0.29) is 6.10 Å². The molecule has 31 heavy (non-hydrogen) atoms. The number of benzene rings is 1. The van der Waals surface area contributed by atoms with E-state index in [9.17, 15) is 0 Å². The van der Waals surface area contributed by atoms with Crippen molar-refractivity contribution in [1.29, 1.82) is 0 Å². The van der Waals surface area contributed by atoms with Gasteiger partial charge in [-0.1, -0.05) is 6.07 Å². The number of hydrogen-bond donors (Lipinski definition) is 0. The second-order valence-corrected chi connectivity index (χ2v) is 7.93. The molecule has 3 heterocycles. The lowest BCUT2D eigenvalue weighted by atomic mass is 10.1. The van der Waals surface area contributed by atoms with Gasteiger partial charge in [0.25, 0.3) is 0 Å². The van der Waals surface area contributed by atoms with Crippen molar-refractivity contribution >= 4 is 5.95 Å². The highest BCUT2D eigenvalue weighted by atomic mass is 16.5. The molecule has 1 aromatic carbocycles. The zero-order valence-electron chi connectivity index (χ0n) is 18.5. The first-order valence-corrected chi connectivity index (χ1v) is 10.9. The highest BCUT2D eigenvalue weighted by Gasteiger charge is 2.22. The minimum absolute atomic E-state index is 0.254. The van der Waals surface area contributed by atoms with Crippen LogP contribution in [0.15, 0.2) is 30.5 Å². The summed E-state index contributed by atoms with van der Waals surface area (Å²) in [6.07, 6.45) is 4.33. The molecule has 0 unspecified atom stereocenters. The Kier molecular flexibility index (Phi) is 7.56. The molecule has 0 radical (unpaired) electrons. The van der Waals surface area contributed by atoms with Gasteiger partial charge in [-0.3, -0.25) is 4.90 Å². The first kappa shape index (κ1) is 21.8. The largest absolute Gasteiger partial charge is 0.497 e. The lowest BCUT2D eigenvalue weighted by Crippen LogP contribution is -2.37. The molecule has 8 heteroatoms. The van der Waals surface area contributed by atoms with Crippen LogP contribution in [0.3, 0.4) is 0 Å². The standard InChI is InChI=1S/C23H32N4O4/c1-28-20-6-5-18(22(14-20)29-2)15-26(17-21-4-3-11-31-21)16-19-7-8-24-23(25-19)27-9-12-30-13-10-27/h5-8,14,21H,3-4,9-13,15-17H2,1-2H3/t21-/m1/s1. The lowest BCUT2D eigenvalue weighted by Gasteiger charge is -2.28. The molecule has 168 valence electrons. The molecule has 4 rings (SSSR count). The van der Waals surface area contributed by atoms with Crippen LogP contribution in [0, 0.1) is 0 Å². The first-order chi connectivity index (χ1) is 15.2.